The minimum atomic E-state index is -0.765. The summed E-state index contributed by atoms with van der Waals surface area (Å²) in [7, 11) is 3.15. The number of aliphatic hydroxyl groups is 1. The van der Waals surface area contributed by atoms with E-state index in [1.165, 1.54) is 22.7 Å². The Balaban J connectivity index is 1.33. The molecule has 0 spiro atoms. The van der Waals surface area contributed by atoms with E-state index in [-0.39, 0.29) is 12.4 Å². The minimum absolute atomic E-state index is 0.162. The molecular formula is C25H26N4O6S2. The van der Waals surface area contributed by atoms with Crippen LogP contribution in [0.4, 0.5) is 0 Å². The smallest absolute Gasteiger partial charge is 0.294 e. The Bertz CT molecular complexity index is 1500. The van der Waals surface area contributed by atoms with Crippen LogP contribution in [0.1, 0.15) is 49.4 Å². The summed E-state index contributed by atoms with van der Waals surface area (Å²) in [5.41, 5.74) is 1.92. The molecule has 0 radical (unpaired) electrons. The number of carbonyl (C=O) groups excluding carboxylic acids is 1. The number of hydrogen-bond donors (Lipinski definition) is 1. The third-order valence-electron chi connectivity index (χ3n) is 5.72. The first-order chi connectivity index (χ1) is 18.0. The fraction of sp³-hybridized carbons (Fsp3) is 0.360. The molecular weight excluding hydrogens is 516 g/mol. The molecule has 0 fully saturated rings. The fourth-order valence-corrected chi connectivity index (χ4v) is 5.37. The first-order valence-electron chi connectivity index (χ1n) is 11.8. The van der Waals surface area contributed by atoms with Gasteiger partial charge in [-0.2, -0.15) is 0 Å². The third-order valence-corrected chi connectivity index (χ3v) is 7.59. The summed E-state index contributed by atoms with van der Waals surface area (Å²) in [6.07, 6.45) is 3.09. The zero-order valence-electron chi connectivity index (χ0n) is 20.6. The van der Waals surface area contributed by atoms with Gasteiger partial charge in [-0.3, -0.25) is 4.79 Å². The van der Waals surface area contributed by atoms with Gasteiger partial charge < -0.3 is 23.7 Å². The number of imidazole rings is 1. The van der Waals surface area contributed by atoms with Gasteiger partial charge in [0, 0.05) is 30.4 Å². The average molecular weight is 543 g/mol. The number of carbonyl (C=O) groups is 1. The van der Waals surface area contributed by atoms with Gasteiger partial charge in [0.05, 0.1) is 31.5 Å². The number of Topliss-reactive ketones (excluding diaryl/α,β-unsaturated/α-hetero) is 1. The molecule has 1 atom stereocenters. The average Bonchev–Trinajstić information content (AvgIpc) is 3.67. The van der Waals surface area contributed by atoms with Gasteiger partial charge in [0.15, 0.2) is 5.76 Å². The van der Waals surface area contributed by atoms with Crippen LogP contribution in [0, 0.1) is 0 Å². The summed E-state index contributed by atoms with van der Waals surface area (Å²) < 4.78 is 24.4. The molecule has 37 heavy (non-hydrogen) atoms. The number of rotatable bonds is 12. The van der Waals surface area contributed by atoms with Gasteiger partial charge in [-0.05, 0) is 30.2 Å². The van der Waals surface area contributed by atoms with E-state index >= 15 is 0 Å². The van der Waals surface area contributed by atoms with Crippen molar-refractivity contribution in [3.8, 4) is 28.1 Å². The van der Waals surface area contributed by atoms with Crippen molar-refractivity contribution in [2.24, 2.45) is 0 Å². The summed E-state index contributed by atoms with van der Waals surface area (Å²) in [6, 6.07) is 5.46. The van der Waals surface area contributed by atoms with E-state index in [1.807, 2.05) is 18.4 Å². The molecule has 0 saturated carbocycles. The fourth-order valence-electron chi connectivity index (χ4n) is 3.85. The number of ether oxygens (including phenoxy) is 3. The highest BCUT2D eigenvalue weighted by molar-refractivity contribution is 7.18. The molecule has 194 valence electrons. The lowest BCUT2D eigenvalue weighted by Crippen LogP contribution is -2.04. The van der Waals surface area contributed by atoms with Gasteiger partial charge in [0.2, 0.25) is 4.96 Å². The van der Waals surface area contributed by atoms with Gasteiger partial charge in [-0.25, -0.2) is 14.5 Å². The topological polar surface area (TPSA) is 121 Å². The summed E-state index contributed by atoms with van der Waals surface area (Å²) in [5.74, 6) is 1.90. The van der Waals surface area contributed by atoms with E-state index < -0.39 is 6.10 Å². The van der Waals surface area contributed by atoms with Crippen LogP contribution in [0.25, 0.3) is 27.4 Å². The number of fused-ring (bicyclic) bond motifs is 2. The van der Waals surface area contributed by atoms with E-state index in [4.69, 9.17) is 18.6 Å². The van der Waals surface area contributed by atoms with E-state index in [2.05, 4.69) is 15.1 Å². The molecule has 10 nitrogen and oxygen atoms in total. The van der Waals surface area contributed by atoms with Crippen molar-refractivity contribution in [3.63, 3.8) is 0 Å². The van der Waals surface area contributed by atoms with Gasteiger partial charge in [0.25, 0.3) is 5.19 Å². The molecule has 1 N–H and O–H groups in total. The number of hydrogen-bond acceptors (Lipinski definition) is 11. The number of ketones is 1. The molecule has 1 unspecified atom stereocenters. The summed E-state index contributed by atoms with van der Waals surface area (Å²) in [4.78, 5) is 21.6. The molecule has 4 aromatic heterocycles. The Labute approximate surface area is 220 Å². The zero-order valence-corrected chi connectivity index (χ0v) is 22.2. The first kappa shape index (κ1) is 25.2. The molecule has 0 aliphatic rings. The van der Waals surface area contributed by atoms with Gasteiger partial charge in [-0.1, -0.05) is 6.92 Å². The maximum absolute atomic E-state index is 11.8. The minimum Gasteiger partial charge on any atom is -0.496 e. The van der Waals surface area contributed by atoms with Crippen LogP contribution in [-0.4, -0.2) is 44.7 Å². The van der Waals surface area contributed by atoms with Crippen LogP contribution in [0.3, 0.4) is 0 Å². The van der Waals surface area contributed by atoms with Crippen molar-refractivity contribution in [2.75, 3.05) is 14.2 Å². The molecule has 12 heteroatoms. The largest absolute Gasteiger partial charge is 0.496 e. The van der Waals surface area contributed by atoms with Crippen LogP contribution in [-0.2, 0) is 11.4 Å². The molecule has 0 aliphatic carbocycles. The van der Waals surface area contributed by atoms with Crippen LogP contribution in [0.5, 0.6) is 16.7 Å². The van der Waals surface area contributed by atoms with E-state index in [0.29, 0.717) is 68.7 Å². The maximum atomic E-state index is 11.8. The summed E-state index contributed by atoms with van der Waals surface area (Å²) >= 11 is 2.69. The number of thiazole rings is 1. The molecule has 0 saturated heterocycles. The number of methoxy groups -OCH3 is 2. The highest BCUT2D eigenvalue weighted by Gasteiger charge is 2.18. The molecule has 1 aromatic carbocycles. The standard InChI is InChI=1S/C25H26N4O6S2/c1-4-5-15(30)6-7-19(31)23-26-14(13-36-23)12-34-20-8-16(32-2)9-21-17(20)10-22(35-21)18-11-29-24(27-18)37-25(28-29)33-3/h8-11,13,19,31H,4-7,12H2,1-3H3. The number of nitrogens with zero attached hydrogens (tertiary/aromatic N) is 4. The Kier molecular flexibility index (Phi) is 7.40. The van der Waals surface area contributed by atoms with Gasteiger partial charge in [-0.15, -0.1) is 16.4 Å². The zero-order chi connectivity index (χ0) is 25.9. The summed E-state index contributed by atoms with van der Waals surface area (Å²) in [6.45, 7) is 2.17. The lowest BCUT2D eigenvalue weighted by molar-refractivity contribution is -0.119. The Morgan fingerprint density at radius 3 is 2.81 bits per heavy atom. The van der Waals surface area contributed by atoms with Crippen molar-refractivity contribution >= 4 is 44.4 Å². The monoisotopic (exact) mass is 542 g/mol. The molecule has 5 aromatic rings. The predicted molar refractivity (Wildman–Crippen MR) is 140 cm³/mol. The molecule has 5 rings (SSSR count). The number of aliphatic hydroxyl groups excluding tert-OH is 1. The van der Waals surface area contributed by atoms with Crippen molar-refractivity contribution in [3.05, 3.63) is 40.5 Å². The van der Waals surface area contributed by atoms with Crippen molar-refractivity contribution in [1.29, 1.82) is 0 Å². The van der Waals surface area contributed by atoms with E-state index in [0.717, 1.165) is 11.8 Å². The van der Waals surface area contributed by atoms with Crippen LogP contribution >= 0.6 is 22.7 Å². The quantitative estimate of drug-likeness (QED) is 0.220. The Morgan fingerprint density at radius 1 is 1.19 bits per heavy atom. The molecule has 4 heterocycles. The third kappa shape index (κ3) is 5.45. The number of aromatic nitrogens is 4. The second kappa shape index (κ2) is 10.9. The Hall–Kier alpha value is -3.48. The Morgan fingerprint density at radius 2 is 2.05 bits per heavy atom. The number of furan rings is 1. The van der Waals surface area contributed by atoms with Crippen LogP contribution in [0.2, 0.25) is 0 Å². The second-order valence-corrected chi connectivity index (χ2v) is 10.2. The van der Waals surface area contributed by atoms with Gasteiger partial charge >= 0.3 is 0 Å². The first-order valence-corrected chi connectivity index (χ1v) is 13.5. The molecule has 0 aliphatic heterocycles. The van der Waals surface area contributed by atoms with E-state index in [1.54, 1.807) is 37.1 Å². The van der Waals surface area contributed by atoms with Crippen LogP contribution < -0.4 is 14.2 Å². The highest BCUT2D eigenvalue weighted by atomic mass is 32.1. The SMILES string of the molecule is CCCC(=O)CCC(O)c1nc(COc2cc(OC)cc3oc(-c4cn5nc(OC)sc5n4)cc23)cs1. The molecule has 0 amide bonds. The second-order valence-electron chi connectivity index (χ2n) is 8.38. The van der Waals surface area contributed by atoms with Crippen molar-refractivity contribution in [1.82, 2.24) is 19.6 Å². The van der Waals surface area contributed by atoms with Crippen LogP contribution in [0.15, 0.2) is 34.2 Å². The lowest BCUT2D eigenvalue weighted by Gasteiger charge is -2.08. The van der Waals surface area contributed by atoms with Gasteiger partial charge in [0.1, 0.15) is 46.3 Å². The maximum Gasteiger partial charge on any atom is 0.294 e. The highest BCUT2D eigenvalue weighted by Crippen LogP contribution is 2.37. The summed E-state index contributed by atoms with van der Waals surface area (Å²) in [5, 5.41) is 18.5. The number of benzene rings is 1. The predicted octanol–water partition coefficient (Wildman–Crippen LogP) is 5.44. The lowest BCUT2D eigenvalue weighted by atomic mass is 10.1. The van der Waals surface area contributed by atoms with Crippen molar-refractivity contribution < 1.29 is 28.5 Å². The molecule has 0 bridgehead atoms. The van der Waals surface area contributed by atoms with E-state index in [9.17, 15) is 9.90 Å². The normalized spacial score (nSPS) is 12.3. The van der Waals surface area contributed by atoms with Crippen molar-refractivity contribution in [2.45, 2.75) is 45.3 Å².